The lowest BCUT2D eigenvalue weighted by atomic mass is 10.1. The molecule has 2 N–H and O–H groups in total. The molecule has 0 radical (unpaired) electrons. The number of amides is 1. The summed E-state index contributed by atoms with van der Waals surface area (Å²) in [5, 5.41) is 10.9. The number of nitrogens with one attached hydrogen (secondary N) is 2. The Bertz CT molecular complexity index is 850. The molecular formula is C17H14FN3O. The number of benzene rings is 2. The highest BCUT2D eigenvalue weighted by Crippen LogP contribution is 2.43. The van der Waals surface area contributed by atoms with E-state index >= 15 is 0 Å². The number of anilines is 1. The van der Waals surface area contributed by atoms with Crippen molar-refractivity contribution < 1.29 is 9.18 Å². The Kier molecular flexibility index (Phi) is 2.92. The summed E-state index contributed by atoms with van der Waals surface area (Å²) in [6.07, 6.45) is 2.41. The molecule has 0 saturated heterocycles. The Hall–Kier alpha value is -2.69. The number of carbonyl (C=O) groups is 1. The van der Waals surface area contributed by atoms with Crippen molar-refractivity contribution in [1.82, 2.24) is 10.2 Å². The van der Waals surface area contributed by atoms with Gasteiger partial charge in [-0.2, -0.15) is 5.10 Å². The van der Waals surface area contributed by atoms with Crippen LogP contribution < -0.4 is 5.32 Å². The number of fused-ring (bicyclic) bond motifs is 1. The van der Waals surface area contributed by atoms with Crippen LogP contribution in [0, 0.1) is 5.82 Å². The summed E-state index contributed by atoms with van der Waals surface area (Å²) in [7, 11) is 0. The molecule has 0 unspecified atom stereocenters. The fraction of sp³-hybridized carbons (Fsp3) is 0.176. The molecule has 4 rings (SSSR count). The van der Waals surface area contributed by atoms with Crippen LogP contribution in [-0.2, 0) is 0 Å². The highest BCUT2D eigenvalue weighted by Gasteiger charge is 2.26. The minimum Gasteiger partial charge on any atom is -0.305 e. The summed E-state index contributed by atoms with van der Waals surface area (Å²) in [5.74, 6) is 0.442. The number of halogens is 1. The van der Waals surface area contributed by atoms with Gasteiger partial charge in [0.15, 0.2) is 5.82 Å². The number of H-pyrrole nitrogens is 1. The zero-order chi connectivity index (χ0) is 15.1. The second-order valence-corrected chi connectivity index (χ2v) is 5.58. The van der Waals surface area contributed by atoms with Gasteiger partial charge in [0.05, 0.1) is 5.52 Å². The summed E-state index contributed by atoms with van der Waals surface area (Å²) in [6.45, 7) is 0. The van der Waals surface area contributed by atoms with E-state index in [9.17, 15) is 9.18 Å². The smallest absolute Gasteiger partial charge is 0.256 e. The zero-order valence-corrected chi connectivity index (χ0v) is 11.8. The van der Waals surface area contributed by atoms with Crippen LogP contribution in [-0.4, -0.2) is 16.1 Å². The van der Waals surface area contributed by atoms with Crippen LogP contribution in [0.4, 0.5) is 10.2 Å². The monoisotopic (exact) mass is 295 g/mol. The summed E-state index contributed by atoms with van der Waals surface area (Å²) >= 11 is 0. The lowest BCUT2D eigenvalue weighted by Crippen LogP contribution is -2.12. The van der Waals surface area contributed by atoms with E-state index in [4.69, 9.17) is 0 Å². The maximum absolute atomic E-state index is 12.9. The van der Waals surface area contributed by atoms with Crippen molar-refractivity contribution >= 4 is 22.6 Å². The van der Waals surface area contributed by atoms with Crippen molar-refractivity contribution in [2.24, 2.45) is 0 Å². The van der Waals surface area contributed by atoms with Crippen LogP contribution in [0.15, 0.2) is 42.5 Å². The molecule has 4 nitrogen and oxygen atoms in total. The topological polar surface area (TPSA) is 57.8 Å². The Morgan fingerprint density at radius 1 is 1.18 bits per heavy atom. The molecule has 0 bridgehead atoms. The standard InChI is InChI=1S/C17H14FN3O/c18-12-8-6-11(7-9-12)17(22)19-16-14-3-1-2-13(10-4-5-10)15(14)20-21-16/h1-3,6-10H,4-5H2,(H2,19,20,21,22). The van der Waals surface area contributed by atoms with Crippen LogP contribution in [0.2, 0.25) is 0 Å². The van der Waals surface area contributed by atoms with E-state index in [0.29, 0.717) is 17.3 Å². The van der Waals surface area contributed by atoms with Crippen LogP contribution in [0.1, 0.15) is 34.7 Å². The molecule has 1 amide bonds. The number of hydrogen-bond donors (Lipinski definition) is 2. The van der Waals surface area contributed by atoms with Crippen LogP contribution in [0.25, 0.3) is 10.9 Å². The van der Waals surface area contributed by atoms with Gasteiger partial charge in [-0.15, -0.1) is 0 Å². The van der Waals surface area contributed by atoms with Crippen molar-refractivity contribution in [3.63, 3.8) is 0 Å². The third-order valence-corrected chi connectivity index (χ3v) is 3.99. The first kappa shape index (κ1) is 13.0. The second-order valence-electron chi connectivity index (χ2n) is 5.58. The first-order valence-electron chi connectivity index (χ1n) is 7.26. The van der Waals surface area contributed by atoms with Crippen molar-refractivity contribution in [1.29, 1.82) is 0 Å². The van der Waals surface area contributed by atoms with Gasteiger partial charge in [0, 0.05) is 10.9 Å². The molecule has 110 valence electrons. The Morgan fingerprint density at radius 2 is 1.95 bits per heavy atom. The van der Waals surface area contributed by atoms with Gasteiger partial charge in [0.25, 0.3) is 5.91 Å². The van der Waals surface area contributed by atoms with E-state index in [1.54, 1.807) is 0 Å². The van der Waals surface area contributed by atoms with Gasteiger partial charge in [-0.3, -0.25) is 9.89 Å². The lowest BCUT2D eigenvalue weighted by Gasteiger charge is -2.03. The largest absolute Gasteiger partial charge is 0.305 e. The highest BCUT2D eigenvalue weighted by molar-refractivity contribution is 6.08. The molecule has 1 aliphatic carbocycles. The predicted molar refractivity (Wildman–Crippen MR) is 82.4 cm³/mol. The van der Waals surface area contributed by atoms with Gasteiger partial charge in [0.2, 0.25) is 0 Å². The number of aromatic amines is 1. The van der Waals surface area contributed by atoms with Gasteiger partial charge in [-0.05, 0) is 54.7 Å². The van der Waals surface area contributed by atoms with Crippen LogP contribution in [0.3, 0.4) is 0 Å². The fourth-order valence-corrected chi connectivity index (χ4v) is 2.68. The average Bonchev–Trinajstić information content (AvgIpc) is 3.30. The molecule has 5 heteroatoms. The van der Waals surface area contributed by atoms with Crippen molar-refractivity contribution in [2.45, 2.75) is 18.8 Å². The molecule has 1 fully saturated rings. The Morgan fingerprint density at radius 3 is 2.68 bits per heavy atom. The minimum atomic E-state index is -0.365. The summed E-state index contributed by atoms with van der Waals surface area (Å²) < 4.78 is 12.9. The molecule has 1 aromatic heterocycles. The fourth-order valence-electron chi connectivity index (χ4n) is 2.68. The number of para-hydroxylation sites is 1. The Balaban J connectivity index is 1.65. The number of rotatable bonds is 3. The van der Waals surface area contributed by atoms with Gasteiger partial charge >= 0.3 is 0 Å². The molecule has 3 aromatic rings. The summed E-state index contributed by atoms with van der Waals surface area (Å²) in [5.41, 5.74) is 2.64. The first-order chi connectivity index (χ1) is 10.7. The van der Waals surface area contributed by atoms with Gasteiger partial charge < -0.3 is 5.32 Å². The molecule has 1 heterocycles. The molecule has 22 heavy (non-hydrogen) atoms. The van der Waals surface area contributed by atoms with Crippen LogP contribution >= 0.6 is 0 Å². The maximum Gasteiger partial charge on any atom is 0.256 e. The third-order valence-electron chi connectivity index (χ3n) is 3.99. The highest BCUT2D eigenvalue weighted by atomic mass is 19.1. The molecular weight excluding hydrogens is 281 g/mol. The molecule has 0 spiro atoms. The zero-order valence-electron chi connectivity index (χ0n) is 11.8. The van der Waals surface area contributed by atoms with Crippen molar-refractivity contribution in [3.8, 4) is 0 Å². The normalized spacial score (nSPS) is 14.2. The number of nitrogens with zero attached hydrogens (tertiary/aromatic N) is 1. The van der Waals surface area contributed by atoms with Gasteiger partial charge in [0.1, 0.15) is 5.82 Å². The second kappa shape index (κ2) is 4.94. The summed E-state index contributed by atoms with van der Waals surface area (Å²) in [6, 6.07) is 11.5. The van der Waals surface area contributed by atoms with E-state index in [1.165, 1.54) is 42.7 Å². The molecule has 1 saturated carbocycles. The predicted octanol–water partition coefficient (Wildman–Crippen LogP) is 3.83. The first-order valence-corrected chi connectivity index (χ1v) is 7.26. The lowest BCUT2D eigenvalue weighted by molar-refractivity contribution is 0.102. The number of aromatic nitrogens is 2. The van der Waals surface area contributed by atoms with E-state index in [1.807, 2.05) is 12.1 Å². The van der Waals surface area contributed by atoms with Gasteiger partial charge in [-0.1, -0.05) is 12.1 Å². The van der Waals surface area contributed by atoms with E-state index in [-0.39, 0.29) is 11.7 Å². The third kappa shape index (κ3) is 2.24. The van der Waals surface area contributed by atoms with Crippen molar-refractivity contribution in [3.05, 3.63) is 59.4 Å². The minimum absolute atomic E-state index is 0.301. The van der Waals surface area contributed by atoms with Crippen LogP contribution in [0.5, 0.6) is 0 Å². The van der Waals surface area contributed by atoms with E-state index < -0.39 is 0 Å². The Labute approximate surface area is 126 Å². The molecule has 2 aromatic carbocycles. The number of carbonyl (C=O) groups excluding carboxylic acids is 1. The molecule has 0 aliphatic heterocycles. The van der Waals surface area contributed by atoms with Crippen molar-refractivity contribution in [2.75, 3.05) is 5.32 Å². The summed E-state index contributed by atoms with van der Waals surface area (Å²) in [4.78, 5) is 12.2. The van der Waals surface area contributed by atoms with E-state index in [2.05, 4.69) is 21.6 Å². The van der Waals surface area contributed by atoms with Gasteiger partial charge in [-0.25, -0.2) is 4.39 Å². The van der Waals surface area contributed by atoms with E-state index in [0.717, 1.165) is 10.9 Å². The maximum atomic E-state index is 12.9. The average molecular weight is 295 g/mol. The SMILES string of the molecule is O=C(Nc1n[nH]c2c(C3CC3)cccc12)c1ccc(F)cc1. The number of hydrogen-bond acceptors (Lipinski definition) is 2. The molecule has 1 aliphatic rings. The molecule has 0 atom stereocenters. The quantitative estimate of drug-likeness (QED) is 0.771.